The van der Waals surface area contributed by atoms with E-state index in [0.29, 0.717) is 43.8 Å². The maximum atomic E-state index is 13.0. The molecule has 4 rings (SSSR count). The van der Waals surface area contributed by atoms with E-state index < -0.39 is 16.1 Å². The lowest BCUT2D eigenvalue weighted by atomic mass is 10.1. The molecule has 0 spiro atoms. The van der Waals surface area contributed by atoms with Gasteiger partial charge in [-0.25, -0.2) is 0 Å². The molecule has 0 aromatic heterocycles. The summed E-state index contributed by atoms with van der Waals surface area (Å²) in [6, 6.07) is 14.4. The second-order valence-corrected chi connectivity index (χ2v) is 10.7. The Hall–Kier alpha value is -3.05. The van der Waals surface area contributed by atoms with Crippen molar-refractivity contribution in [3.63, 3.8) is 0 Å². The molecule has 1 aliphatic rings. The van der Waals surface area contributed by atoms with E-state index in [9.17, 15) is 19.7 Å². The molecule has 196 valence electrons. The van der Waals surface area contributed by atoms with Crippen LogP contribution in [-0.2, 0) is 17.9 Å². The fourth-order valence-electron chi connectivity index (χ4n) is 3.55. The Balaban J connectivity index is 1.54. The first-order valence-electron chi connectivity index (χ1n) is 11.2. The van der Waals surface area contributed by atoms with Crippen molar-refractivity contribution < 1.29 is 24.0 Å². The maximum absolute atomic E-state index is 13.0. The molecule has 0 saturated carbocycles. The van der Waals surface area contributed by atoms with Gasteiger partial charge in [0.25, 0.3) is 16.8 Å². The molecule has 0 radical (unpaired) electrons. The van der Waals surface area contributed by atoms with Crippen LogP contribution in [0.2, 0.25) is 10.0 Å². The van der Waals surface area contributed by atoms with Crippen molar-refractivity contribution in [1.29, 1.82) is 0 Å². The minimum atomic E-state index is -0.464. The van der Waals surface area contributed by atoms with Gasteiger partial charge in [0, 0.05) is 22.2 Å². The molecule has 3 aromatic rings. The Morgan fingerprint density at radius 1 is 1.08 bits per heavy atom. The summed E-state index contributed by atoms with van der Waals surface area (Å²) in [5, 5.41) is 11.3. The lowest BCUT2D eigenvalue weighted by molar-refractivity contribution is -0.384. The topological polar surface area (TPSA) is 99.0 Å². The molecule has 0 aliphatic carbocycles. The Morgan fingerprint density at radius 3 is 2.47 bits per heavy atom. The molecule has 2 amide bonds. The number of non-ortho nitro benzene ring substituents is 1. The van der Waals surface area contributed by atoms with Crippen molar-refractivity contribution >= 4 is 73.8 Å². The number of imide groups is 1. The predicted molar refractivity (Wildman–Crippen MR) is 151 cm³/mol. The van der Waals surface area contributed by atoms with E-state index in [1.807, 2.05) is 6.92 Å². The molecule has 0 N–H and O–H groups in total. The monoisotopic (exact) mass is 636 g/mol. The van der Waals surface area contributed by atoms with Gasteiger partial charge in [0.05, 0.1) is 27.5 Å². The zero-order valence-electron chi connectivity index (χ0n) is 19.8. The van der Waals surface area contributed by atoms with Crippen LogP contribution in [0.25, 0.3) is 6.08 Å². The third-order valence-electron chi connectivity index (χ3n) is 5.38. The van der Waals surface area contributed by atoms with Gasteiger partial charge < -0.3 is 9.47 Å². The number of hydrogen-bond donors (Lipinski definition) is 0. The standard InChI is InChI=1S/C26H19BrCl2N2O6S/c1-2-36-22-10-16(9-20(27)24(22)37-14-15-3-7-19(8-4-15)31(34)35)11-23-25(32)30(26(33)38-23)13-17-5-6-18(28)12-21(17)29/h3-12H,2,13-14H2,1H3/b23-11-. The molecule has 1 heterocycles. The molecule has 0 atom stereocenters. The van der Waals surface area contributed by atoms with Crippen molar-refractivity contribution in [2.75, 3.05) is 6.61 Å². The Labute approximate surface area is 240 Å². The zero-order valence-corrected chi connectivity index (χ0v) is 23.7. The quantitative estimate of drug-likeness (QED) is 0.134. The molecule has 1 aliphatic heterocycles. The van der Waals surface area contributed by atoms with Gasteiger partial charge in [-0.3, -0.25) is 24.6 Å². The van der Waals surface area contributed by atoms with Gasteiger partial charge in [-0.15, -0.1) is 0 Å². The SMILES string of the molecule is CCOc1cc(/C=C2\SC(=O)N(Cc3ccc(Cl)cc3Cl)C2=O)cc(Br)c1OCc1ccc([N+](=O)[O-])cc1. The number of carbonyl (C=O) groups is 2. The van der Waals surface area contributed by atoms with E-state index >= 15 is 0 Å². The van der Waals surface area contributed by atoms with Crippen molar-refractivity contribution in [1.82, 2.24) is 4.90 Å². The molecule has 1 saturated heterocycles. The molecule has 12 heteroatoms. The molecule has 0 unspecified atom stereocenters. The lowest BCUT2D eigenvalue weighted by Crippen LogP contribution is -2.27. The summed E-state index contributed by atoms with van der Waals surface area (Å²) in [4.78, 5) is 37.4. The smallest absolute Gasteiger partial charge is 0.293 e. The van der Waals surface area contributed by atoms with Crippen LogP contribution in [0.3, 0.4) is 0 Å². The minimum Gasteiger partial charge on any atom is -0.490 e. The third-order valence-corrected chi connectivity index (χ3v) is 7.46. The zero-order chi connectivity index (χ0) is 27.4. The average molecular weight is 638 g/mol. The van der Waals surface area contributed by atoms with Crippen LogP contribution in [0, 0.1) is 10.1 Å². The highest BCUT2D eigenvalue weighted by molar-refractivity contribution is 9.10. The molecule has 8 nitrogen and oxygen atoms in total. The normalized spacial score (nSPS) is 14.3. The summed E-state index contributed by atoms with van der Waals surface area (Å²) in [5.74, 6) is 0.439. The molecular formula is C26H19BrCl2N2O6S. The third kappa shape index (κ3) is 6.50. The number of nitro groups is 1. The number of halogens is 3. The number of thioether (sulfide) groups is 1. The fourth-order valence-corrected chi connectivity index (χ4v) is 5.43. The molecule has 3 aromatic carbocycles. The molecule has 38 heavy (non-hydrogen) atoms. The van der Waals surface area contributed by atoms with E-state index in [0.717, 1.165) is 22.2 Å². The Bertz CT molecular complexity index is 1450. The molecule has 0 bridgehead atoms. The largest absolute Gasteiger partial charge is 0.490 e. The highest BCUT2D eigenvalue weighted by atomic mass is 79.9. The highest BCUT2D eigenvalue weighted by Gasteiger charge is 2.35. The van der Waals surface area contributed by atoms with Crippen LogP contribution in [0.4, 0.5) is 10.5 Å². The first kappa shape index (κ1) is 28.0. The van der Waals surface area contributed by atoms with Gasteiger partial charge in [0.15, 0.2) is 11.5 Å². The lowest BCUT2D eigenvalue weighted by Gasteiger charge is -2.15. The first-order valence-corrected chi connectivity index (χ1v) is 13.5. The average Bonchev–Trinajstić information content (AvgIpc) is 3.12. The number of hydrogen-bond acceptors (Lipinski definition) is 7. The van der Waals surface area contributed by atoms with E-state index in [1.165, 1.54) is 12.1 Å². The van der Waals surface area contributed by atoms with Crippen LogP contribution in [-0.4, -0.2) is 27.6 Å². The van der Waals surface area contributed by atoms with Crippen LogP contribution in [0.1, 0.15) is 23.6 Å². The maximum Gasteiger partial charge on any atom is 0.293 e. The number of carbonyl (C=O) groups excluding carboxylic acids is 2. The van der Waals surface area contributed by atoms with Crippen LogP contribution in [0.15, 0.2) is 64.0 Å². The van der Waals surface area contributed by atoms with Crippen LogP contribution in [0.5, 0.6) is 11.5 Å². The Morgan fingerprint density at radius 2 is 1.82 bits per heavy atom. The molecule has 1 fully saturated rings. The van der Waals surface area contributed by atoms with Crippen LogP contribution >= 0.6 is 50.9 Å². The summed E-state index contributed by atoms with van der Waals surface area (Å²) in [7, 11) is 0. The molecular weight excluding hydrogens is 619 g/mol. The minimum absolute atomic E-state index is 0.00466. The number of rotatable bonds is 9. The summed E-state index contributed by atoms with van der Waals surface area (Å²) in [6.07, 6.45) is 1.61. The number of nitro benzene ring substituents is 1. The van der Waals surface area contributed by atoms with Crippen molar-refractivity contribution in [3.05, 3.63) is 101 Å². The number of benzene rings is 3. The number of ether oxygens (including phenoxy) is 2. The summed E-state index contributed by atoms with van der Waals surface area (Å²) in [5.41, 5.74) is 1.96. The van der Waals surface area contributed by atoms with Crippen molar-refractivity contribution in [2.45, 2.75) is 20.1 Å². The van der Waals surface area contributed by atoms with E-state index in [1.54, 1.807) is 48.5 Å². The van der Waals surface area contributed by atoms with Gasteiger partial charge in [-0.1, -0.05) is 29.3 Å². The first-order chi connectivity index (χ1) is 18.2. The van der Waals surface area contributed by atoms with E-state index in [-0.39, 0.29) is 23.7 Å². The van der Waals surface area contributed by atoms with Gasteiger partial charge in [-0.05, 0) is 93.8 Å². The Kier molecular flexibility index (Phi) is 8.99. The summed E-state index contributed by atoms with van der Waals surface area (Å²) < 4.78 is 12.3. The van der Waals surface area contributed by atoms with Crippen LogP contribution < -0.4 is 9.47 Å². The highest BCUT2D eigenvalue weighted by Crippen LogP contribution is 2.40. The van der Waals surface area contributed by atoms with Crippen molar-refractivity contribution in [2.24, 2.45) is 0 Å². The fraction of sp³-hybridized carbons (Fsp3) is 0.154. The van der Waals surface area contributed by atoms with Gasteiger partial charge >= 0.3 is 0 Å². The van der Waals surface area contributed by atoms with E-state index in [2.05, 4.69) is 15.9 Å². The summed E-state index contributed by atoms with van der Waals surface area (Å²) >= 11 is 16.5. The van der Waals surface area contributed by atoms with Gasteiger partial charge in [0.2, 0.25) is 0 Å². The van der Waals surface area contributed by atoms with Crippen molar-refractivity contribution in [3.8, 4) is 11.5 Å². The van der Waals surface area contributed by atoms with E-state index in [4.69, 9.17) is 32.7 Å². The predicted octanol–water partition coefficient (Wildman–Crippen LogP) is 7.88. The summed E-state index contributed by atoms with van der Waals surface area (Å²) in [6.45, 7) is 2.37. The van der Waals surface area contributed by atoms with Gasteiger partial charge in [0.1, 0.15) is 6.61 Å². The second kappa shape index (κ2) is 12.2. The number of nitrogens with zero attached hydrogens (tertiary/aromatic N) is 2. The second-order valence-electron chi connectivity index (χ2n) is 7.98. The van der Waals surface area contributed by atoms with Gasteiger partial charge in [-0.2, -0.15) is 0 Å². The number of amides is 2.